The van der Waals surface area contributed by atoms with Crippen LogP contribution in [0.2, 0.25) is 0 Å². The molecular formula is C22H25F2NO. The van der Waals surface area contributed by atoms with Gasteiger partial charge in [-0.15, -0.1) is 0 Å². The number of aliphatic imine (C=N–C) groups is 1. The fraction of sp³-hybridized carbons (Fsp3) is 0.318. The van der Waals surface area contributed by atoms with Gasteiger partial charge in [-0.25, -0.2) is 13.8 Å². The van der Waals surface area contributed by atoms with Crippen molar-refractivity contribution < 1.29 is 13.5 Å². The summed E-state index contributed by atoms with van der Waals surface area (Å²) in [6.07, 6.45) is 1.85. The molecule has 0 atom stereocenters. The van der Waals surface area contributed by atoms with E-state index in [-0.39, 0.29) is 5.56 Å². The molecule has 0 bridgehead atoms. The highest BCUT2D eigenvalue weighted by Gasteiger charge is 2.24. The summed E-state index contributed by atoms with van der Waals surface area (Å²) in [7, 11) is 0. The number of ether oxygens (including phenoxy) is 1. The van der Waals surface area contributed by atoms with Crippen LogP contribution in [0, 0.1) is 0 Å². The van der Waals surface area contributed by atoms with Crippen molar-refractivity contribution in [3.05, 3.63) is 71.3 Å². The lowest BCUT2D eigenvalue weighted by Crippen LogP contribution is -2.13. The molecule has 0 radical (unpaired) electrons. The van der Waals surface area contributed by atoms with Crippen LogP contribution < -0.4 is 4.74 Å². The lowest BCUT2D eigenvalue weighted by molar-refractivity contribution is 0.0174. The first-order chi connectivity index (χ1) is 12.3. The summed E-state index contributed by atoms with van der Waals surface area (Å²) in [5.74, 6) is -1.41. The van der Waals surface area contributed by atoms with Crippen molar-refractivity contribution in [1.29, 1.82) is 0 Å². The molecule has 138 valence electrons. The molecule has 0 saturated carbocycles. The molecule has 0 unspecified atom stereocenters. The van der Waals surface area contributed by atoms with E-state index in [1.54, 1.807) is 0 Å². The van der Waals surface area contributed by atoms with Gasteiger partial charge < -0.3 is 4.74 Å². The topological polar surface area (TPSA) is 21.6 Å². The van der Waals surface area contributed by atoms with Gasteiger partial charge in [0, 0.05) is 24.1 Å². The molecule has 0 aromatic heterocycles. The highest BCUT2D eigenvalue weighted by molar-refractivity contribution is 6.06. The Labute approximate surface area is 154 Å². The Bertz CT molecular complexity index is 800. The van der Waals surface area contributed by atoms with Gasteiger partial charge >= 0.3 is 0 Å². The Morgan fingerprint density at radius 1 is 1.00 bits per heavy atom. The van der Waals surface area contributed by atoms with Gasteiger partial charge in [0.2, 0.25) is 5.90 Å². The zero-order valence-corrected chi connectivity index (χ0v) is 15.9. The van der Waals surface area contributed by atoms with Crippen LogP contribution in [0.1, 0.15) is 57.2 Å². The summed E-state index contributed by atoms with van der Waals surface area (Å²) < 4.78 is 31.9. The number of halogens is 2. The molecule has 2 nitrogen and oxygen atoms in total. The predicted molar refractivity (Wildman–Crippen MR) is 104 cm³/mol. The maximum atomic E-state index is 13.2. The van der Waals surface area contributed by atoms with Crippen LogP contribution in [-0.2, 0) is 5.92 Å². The molecule has 1 aliphatic heterocycles. The number of hydrogen-bond acceptors (Lipinski definition) is 2. The zero-order valence-electron chi connectivity index (χ0n) is 15.9. The molecule has 0 N–H and O–H groups in total. The fourth-order valence-corrected chi connectivity index (χ4v) is 2.43. The Kier molecular flexibility index (Phi) is 6.30. The highest BCUT2D eigenvalue weighted by atomic mass is 19.3. The summed E-state index contributed by atoms with van der Waals surface area (Å²) in [5, 5.41) is 0. The van der Waals surface area contributed by atoms with E-state index < -0.39 is 5.92 Å². The average molecular weight is 357 g/mol. The SMILES string of the molecule is CC.CC(C)c1cccc(C2=CC(Oc3ccc(C(C)(F)F)cc3)=N2)c1. The second-order valence-corrected chi connectivity index (χ2v) is 6.27. The lowest BCUT2D eigenvalue weighted by Gasteiger charge is -2.17. The minimum atomic E-state index is -2.85. The van der Waals surface area contributed by atoms with E-state index in [1.165, 1.54) is 29.8 Å². The first kappa shape index (κ1) is 19.8. The third kappa shape index (κ3) is 4.78. The number of nitrogens with zero attached hydrogens (tertiary/aromatic N) is 1. The Morgan fingerprint density at radius 3 is 2.15 bits per heavy atom. The quantitative estimate of drug-likeness (QED) is 0.591. The van der Waals surface area contributed by atoms with Gasteiger partial charge in [0.1, 0.15) is 5.75 Å². The van der Waals surface area contributed by atoms with Crippen LogP contribution in [0.25, 0.3) is 5.70 Å². The molecule has 1 aliphatic rings. The molecule has 1 heterocycles. The van der Waals surface area contributed by atoms with Crippen molar-refractivity contribution in [2.75, 3.05) is 0 Å². The molecule has 2 aromatic carbocycles. The van der Waals surface area contributed by atoms with Crippen molar-refractivity contribution >= 4 is 11.6 Å². The van der Waals surface area contributed by atoms with Gasteiger partial charge in [-0.3, -0.25) is 0 Å². The fourth-order valence-electron chi connectivity index (χ4n) is 2.43. The largest absolute Gasteiger partial charge is 0.439 e. The predicted octanol–water partition coefficient (Wildman–Crippen LogP) is 6.78. The third-order valence-corrected chi connectivity index (χ3v) is 3.92. The number of hydrogen-bond donors (Lipinski definition) is 0. The zero-order chi connectivity index (χ0) is 19.3. The molecule has 0 aliphatic carbocycles. The van der Waals surface area contributed by atoms with Gasteiger partial charge in [-0.05, 0) is 41.8 Å². The molecule has 0 spiro atoms. The summed E-state index contributed by atoms with van der Waals surface area (Å²) in [6, 6.07) is 14.0. The van der Waals surface area contributed by atoms with Gasteiger partial charge in [-0.1, -0.05) is 45.9 Å². The first-order valence-corrected chi connectivity index (χ1v) is 8.90. The van der Waals surface area contributed by atoms with E-state index in [2.05, 4.69) is 31.0 Å². The Morgan fingerprint density at radius 2 is 1.62 bits per heavy atom. The van der Waals surface area contributed by atoms with Gasteiger partial charge in [0.15, 0.2) is 0 Å². The van der Waals surface area contributed by atoms with Crippen LogP contribution >= 0.6 is 0 Å². The molecule has 4 heteroatoms. The number of benzene rings is 2. The smallest absolute Gasteiger partial charge is 0.270 e. The third-order valence-electron chi connectivity index (χ3n) is 3.92. The average Bonchev–Trinajstić information content (AvgIpc) is 2.59. The van der Waals surface area contributed by atoms with Crippen molar-refractivity contribution in [1.82, 2.24) is 0 Å². The second kappa shape index (κ2) is 8.26. The maximum Gasteiger partial charge on any atom is 0.270 e. The second-order valence-electron chi connectivity index (χ2n) is 6.27. The van der Waals surface area contributed by atoms with E-state index in [0.29, 0.717) is 17.6 Å². The maximum absolute atomic E-state index is 13.2. The molecular weight excluding hydrogens is 332 g/mol. The van der Waals surface area contributed by atoms with Crippen molar-refractivity contribution in [2.45, 2.75) is 46.5 Å². The monoisotopic (exact) mass is 357 g/mol. The van der Waals surface area contributed by atoms with Crippen LogP contribution in [0.4, 0.5) is 8.78 Å². The normalized spacial score (nSPS) is 13.2. The van der Waals surface area contributed by atoms with E-state index in [9.17, 15) is 8.78 Å². The van der Waals surface area contributed by atoms with Crippen molar-refractivity contribution in [3.8, 4) is 5.75 Å². The minimum Gasteiger partial charge on any atom is -0.439 e. The molecule has 0 saturated heterocycles. The molecule has 0 fully saturated rings. The van der Waals surface area contributed by atoms with Gasteiger partial charge in [-0.2, -0.15) is 0 Å². The van der Waals surface area contributed by atoms with Crippen LogP contribution in [0.3, 0.4) is 0 Å². The number of rotatable bonds is 4. The molecule has 3 rings (SSSR count). The van der Waals surface area contributed by atoms with E-state index in [1.807, 2.05) is 32.1 Å². The molecule has 0 amide bonds. The summed E-state index contributed by atoms with van der Waals surface area (Å²) in [5.41, 5.74) is 3.14. The summed E-state index contributed by atoms with van der Waals surface area (Å²) >= 11 is 0. The standard InChI is InChI=1S/C20H19F2NO.C2H6/c1-13(2)14-5-4-6-15(11-14)18-12-19(23-18)24-17-9-7-16(8-10-17)20(3,21)22;1-2/h4-13H,1-3H3;1-2H3. The van der Waals surface area contributed by atoms with Crippen LogP contribution in [0.5, 0.6) is 5.75 Å². The summed E-state index contributed by atoms with van der Waals surface area (Å²) in [4.78, 5) is 4.37. The minimum absolute atomic E-state index is 0.0351. The van der Waals surface area contributed by atoms with E-state index in [4.69, 9.17) is 4.74 Å². The summed E-state index contributed by atoms with van der Waals surface area (Å²) in [6.45, 7) is 9.17. The first-order valence-electron chi connectivity index (χ1n) is 8.90. The van der Waals surface area contributed by atoms with Gasteiger partial charge in [0.05, 0.1) is 5.70 Å². The van der Waals surface area contributed by atoms with Gasteiger partial charge in [0.25, 0.3) is 5.92 Å². The van der Waals surface area contributed by atoms with Crippen LogP contribution in [-0.4, -0.2) is 5.90 Å². The molecule has 26 heavy (non-hydrogen) atoms. The number of alkyl halides is 2. The lowest BCUT2D eigenvalue weighted by atomic mass is 9.99. The van der Waals surface area contributed by atoms with Crippen molar-refractivity contribution in [2.24, 2.45) is 4.99 Å². The Hall–Kier alpha value is -2.49. The van der Waals surface area contributed by atoms with Crippen molar-refractivity contribution in [3.63, 3.8) is 0 Å². The van der Waals surface area contributed by atoms with E-state index >= 15 is 0 Å². The van der Waals surface area contributed by atoms with Crippen LogP contribution in [0.15, 0.2) is 59.6 Å². The highest BCUT2D eigenvalue weighted by Crippen LogP contribution is 2.30. The van der Waals surface area contributed by atoms with E-state index in [0.717, 1.165) is 18.2 Å². The molecule has 2 aromatic rings. The Balaban J connectivity index is 0.00000117.